The van der Waals surface area contributed by atoms with Gasteiger partial charge in [-0.2, -0.15) is 0 Å². The van der Waals surface area contributed by atoms with Gasteiger partial charge in [-0.05, 0) is 43.0 Å². The van der Waals surface area contributed by atoms with Crippen LogP contribution in [0.1, 0.15) is 33.7 Å². The molecule has 1 unspecified atom stereocenters. The van der Waals surface area contributed by atoms with Crippen molar-refractivity contribution in [3.63, 3.8) is 0 Å². The first kappa shape index (κ1) is 19.5. The normalized spacial score (nSPS) is 16.6. The van der Waals surface area contributed by atoms with Gasteiger partial charge in [0.15, 0.2) is 0 Å². The zero-order valence-electron chi connectivity index (χ0n) is 16.9. The van der Waals surface area contributed by atoms with Gasteiger partial charge in [-0.1, -0.05) is 18.2 Å². The van der Waals surface area contributed by atoms with Gasteiger partial charge in [0.25, 0.3) is 5.91 Å². The van der Waals surface area contributed by atoms with Crippen LogP contribution >= 0.6 is 0 Å². The van der Waals surface area contributed by atoms with Crippen LogP contribution in [0.4, 0.5) is 0 Å². The quantitative estimate of drug-likeness (QED) is 0.696. The number of ether oxygens (including phenoxy) is 1. The molecular weight excluding hydrogens is 368 g/mol. The highest BCUT2D eigenvalue weighted by molar-refractivity contribution is 5.95. The molecule has 3 heterocycles. The zero-order chi connectivity index (χ0) is 20.4. The Kier molecular flexibility index (Phi) is 5.53. The molecule has 0 bridgehead atoms. The predicted molar refractivity (Wildman–Crippen MR) is 111 cm³/mol. The lowest BCUT2D eigenvalue weighted by Gasteiger charge is -2.17. The molecule has 1 fully saturated rings. The average Bonchev–Trinajstić information content (AvgIpc) is 3.33. The molecule has 0 saturated carbocycles. The fourth-order valence-corrected chi connectivity index (χ4v) is 4.20. The summed E-state index contributed by atoms with van der Waals surface area (Å²) in [6.07, 6.45) is 4.25. The molecule has 1 aliphatic heterocycles. The van der Waals surface area contributed by atoms with Crippen LogP contribution < -0.4 is 5.63 Å². The van der Waals surface area contributed by atoms with Crippen molar-refractivity contribution in [2.75, 3.05) is 26.8 Å². The van der Waals surface area contributed by atoms with Crippen LogP contribution in [-0.4, -0.2) is 42.6 Å². The van der Waals surface area contributed by atoms with Crippen molar-refractivity contribution in [2.24, 2.45) is 5.92 Å². The van der Waals surface area contributed by atoms with Crippen molar-refractivity contribution in [1.29, 1.82) is 0 Å². The SMILES string of the molecule is COCC1CCN(C(=O)c2c(C)cc(CCc3c[nH]c4ccccc34)oc2=O)C1. The van der Waals surface area contributed by atoms with Crippen LogP contribution in [0.2, 0.25) is 0 Å². The maximum absolute atomic E-state index is 12.9. The van der Waals surface area contributed by atoms with Crippen LogP contribution in [-0.2, 0) is 17.6 Å². The standard InChI is InChI=1S/C23H26N2O4/c1-15-11-18(8-7-17-12-24-20-6-4-3-5-19(17)20)29-23(27)21(15)22(26)25-10-9-16(13-25)14-28-2/h3-6,11-12,16,24H,7-10,13-14H2,1-2H3. The molecule has 29 heavy (non-hydrogen) atoms. The molecule has 1 amide bonds. The summed E-state index contributed by atoms with van der Waals surface area (Å²) < 4.78 is 10.7. The summed E-state index contributed by atoms with van der Waals surface area (Å²) >= 11 is 0. The number of carbonyl (C=O) groups is 1. The van der Waals surface area contributed by atoms with Crippen molar-refractivity contribution in [2.45, 2.75) is 26.2 Å². The molecule has 3 aromatic rings. The lowest BCUT2D eigenvalue weighted by molar-refractivity contribution is 0.0769. The Labute approximate surface area is 169 Å². The smallest absolute Gasteiger partial charge is 0.349 e. The van der Waals surface area contributed by atoms with E-state index in [2.05, 4.69) is 11.1 Å². The maximum Gasteiger partial charge on any atom is 0.349 e. The Hall–Kier alpha value is -2.86. The number of fused-ring (bicyclic) bond motifs is 1. The third-order valence-corrected chi connectivity index (χ3v) is 5.70. The van der Waals surface area contributed by atoms with E-state index in [9.17, 15) is 9.59 Å². The minimum Gasteiger partial charge on any atom is -0.427 e. The molecule has 0 radical (unpaired) electrons. The summed E-state index contributed by atoms with van der Waals surface area (Å²) in [6, 6.07) is 9.96. The largest absolute Gasteiger partial charge is 0.427 e. The molecular formula is C23H26N2O4. The number of likely N-dealkylation sites (tertiary alicyclic amines) is 1. The number of methoxy groups -OCH3 is 1. The van der Waals surface area contributed by atoms with Gasteiger partial charge in [0.1, 0.15) is 11.3 Å². The monoisotopic (exact) mass is 394 g/mol. The van der Waals surface area contributed by atoms with Gasteiger partial charge in [-0.3, -0.25) is 4.79 Å². The Morgan fingerprint density at radius 1 is 1.31 bits per heavy atom. The van der Waals surface area contributed by atoms with Crippen LogP contribution in [0, 0.1) is 12.8 Å². The number of amides is 1. The molecule has 1 aromatic carbocycles. The number of nitrogens with one attached hydrogen (secondary N) is 1. The molecule has 1 saturated heterocycles. The highest BCUT2D eigenvalue weighted by atomic mass is 16.5. The fraction of sp³-hybridized carbons (Fsp3) is 0.391. The number of hydrogen-bond acceptors (Lipinski definition) is 4. The number of rotatable bonds is 6. The van der Waals surface area contributed by atoms with Gasteiger partial charge in [0.2, 0.25) is 0 Å². The minimum absolute atomic E-state index is 0.152. The van der Waals surface area contributed by atoms with Crippen molar-refractivity contribution in [1.82, 2.24) is 9.88 Å². The first-order chi connectivity index (χ1) is 14.1. The number of aromatic nitrogens is 1. The molecule has 1 atom stereocenters. The predicted octanol–water partition coefficient (Wildman–Crippen LogP) is 3.32. The zero-order valence-corrected chi connectivity index (χ0v) is 16.9. The van der Waals surface area contributed by atoms with Crippen molar-refractivity contribution >= 4 is 16.8 Å². The van der Waals surface area contributed by atoms with Gasteiger partial charge in [0.05, 0.1) is 6.61 Å². The van der Waals surface area contributed by atoms with Crippen molar-refractivity contribution < 1.29 is 13.9 Å². The molecule has 1 aliphatic rings. The Morgan fingerprint density at radius 3 is 2.93 bits per heavy atom. The number of benzene rings is 1. The number of H-pyrrole nitrogens is 1. The third-order valence-electron chi connectivity index (χ3n) is 5.70. The van der Waals surface area contributed by atoms with Crippen molar-refractivity contribution in [3.8, 4) is 0 Å². The number of aryl methyl sites for hydroxylation is 3. The summed E-state index contributed by atoms with van der Waals surface area (Å²) in [6.45, 7) is 3.70. The second-order valence-electron chi connectivity index (χ2n) is 7.78. The fourth-order valence-electron chi connectivity index (χ4n) is 4.20. The van der Waals surface area contributed by atoms with E-state index in [-0.39, 0.29) is 11.5 Å². The van der Waals surface area contributed by atoms with Crippen molar-refractivity contribution in [3.05, 3.63) is 69.4 Å². The van der Waals surface area contributed by atoms with E-state index in [1.54, 1.807) is 12.0 Å². The topological polar surface area (TPSA) is 75.5 Å². The van der Waals surface area contributed by atoms with Crippen LogP contribution in [0.3, 0.4) is 0 Å². The minimum atomic E-state index is -0.542. The number of aromatic amines is 1. The Balaban J connectivity index is 1.48. The van der Waals surface area contributed by atoms with E-state index >= 15 is 0 Å². The highest BCUT2D eigenvalue weighted by Crippen LogP contribution is 2.21. The van der Waals surface area contributed by atoms with Crippen LogP contribution in [0.5, 0.6) is 0 Å². The summed E-state index contributed by atoms with van der Waals surface area (Å²) in [5, 5.41) is 1.18. The van der Waals surface area contributed by atoms with E-state index in [0.29, 0.717) is 43.4 Å². The summed E-state index contributed by atoms with van der Waals surface area (Å²) in [5.41, 5.74) is 2.56. The molecule has 1 N–H and O–H groups in total. The number of carbonyl (C=O) groups excluding carboxylic acids is 1. The van der Waals surface area contributed by atoms with E-state index < -0.39 is 5.63 Å². The van der Waals surface area contributed by atoms with Gasteiger partial charge >= 0.3 is 5.63 Å². The van der Waals surface area contributed by atoms with Crippen LogP contribution in [0.15, 0.2) is 45.7 Å². The number of hydrogen-bond donors (Lipinski definition) is 1. The third kappa shape index (κ3) is 3.98. The second kappa shape index (κ2) is 8.25. The lowest BCUT2D eigenvalue weighted by Crippen LogP contribution is -2.33. The van der Waals surface area contributed by atoms with Gasteiger partial charge in [0, 0.05) is 49.6 Å². The summed E-state index contributed by atoms with van der Waals surface area (Å²) in [5.74, 6) is 0.692. The molecule has 2 aromatic heterocycles. The average molecular weight is 394 g/mol. The Bertz CT molecular complexity index is 1080. The first-order valence-electron chi connectivity index (χ1n) is 10.0. The maximum atomic E-state index is 12.9. The lowest BCUT2D eigenvalue weighted by atomic mass is 10.1. The summed E-state index contributed by atoms with van der Waals surface area (Å²) in [4.78, 5) is 30.5. The van der Waals surface area contributed by atoms with E-state index in [1.165, 1.54) is 10.9 Å². The molecule has 0 spiro atoms. The molecule has 4 rings (SSSR count). The van der Waals surface area contributed by atoms with Gasteiger partial charge < -0.3 is 19.0 Å². The Morgan fingerprint density at radius 2 is 2.14 bits per heavy atom. The number of nitrogens with zero attached hydrogens (tertiary/aromatic N) is 1. The second-order valence-corrected chi connectivity index (χ2v) is 7.78. The molecule has 6 heteroatoms. The molecule has 6 nitrogen and oxygen atoms in total. The molecule has 0 aliphatic carbocycles. The summed E-state index contributed by atoms with van der Waals surface area (Å²) in [7, 11) is 1.66. The number of para-hydroxylation sites is 1. The van der Waals surface area contributed by atoms with E-state index in [4.69, 9.17) is 9.15 Å². The van der Waals surface area contributed by atoms with Gasteiger partial charge in [-0.25, -0.2) is 4.79 Å². The molecule has 152 valence electrons. The van der Waals surface area contributed by atoms with Crippen LogP contribution in [0.25, 0.3) is 10.9 Å². The first-order valence-corrected chi connectivity index (χ1v) is 10.0. The van der Waals surface area contributed by atoms with Gasteiger partial charge in [-0.15, -0.1) is 0 Å². The highest BCUT2D eigenvalue weighted by Gasteiger charge is 2.29. The van der Waals surface area contributed by atoms with E-state index in [1.807, 2.05) is 37.4 Å². The van der Waals surface area contributed by atoms with E-state index in [0.717, 1.165) is 18.4 Å².